The quantitative estimate of drug-likeness (QED) is 0.814. The fraction of sp³-hybridized carbons (Fsp3) is 0.167. The van der Waals surface area contributed by atoms with Gasteiger partial charge < -0.3 is 0 Å². The van der Waals surface area contributed by atoms with Crippen LogP contribution in [0.5, 0.6) is 0 Å². The number of thiazole rings is 2. The summed E-state index contributed by atoms with van der Waals surface area (Å²) in [6.45, 7) is 13.8. The molecule has 0 N–H and O–H groups in total. The van der Waals surface area contributed by atoms with Gasteiger partial charge in [0.25, 0.3) is 0 Å². The van der Waals surface area contributed by atoms with Gasteiger partial charge in [0.05, 0.1) is 12.4 Å². The summed E-state index contributed by atoms with van der Waals surface area (Å²) in [6.07, 6.45) is 2.98. The Balaban J connectivity index is 2.32. The molecule has 2 unspecified atom stereocenters. The minimum atomic E-state index is -0.851. The van der Waals surface area contributed by atoms with E-state index in [1.807, 2.05) is 12.1 Å². The molecule has 94 valence electrons. The molecule has 8 heteroatoms. The molecule has 0 fully saturated rings. The average Bonchev–Trinajstić information content (AvgIpc) is 3.11. The van der Waals surface area contributed by atoms with Crippen LogP contribution in [0.15, 0.2) is 12.4 Å². The number of hydrogen-bond donors (Lipinski definition) is 0. The van der Waals surface area contributed by atoms with E-state index in [9.17, 15) is 0 Å². The van der Waals surface area contributed by atoms with Gasteiger partial charge in [-0.25, -0.2) is 23.1 Å². The Morgan fingerprint density at radius 3 is 1.65 bits per heavy atom. The molecule has 0 spiro atoms. The molecule has 20 heavy (non-hydrogen) atoms. The Kier molecular flexibility index (Phi) is 4.03. The lowest BCUT2D eigenvalue weighted by Crippen LogP contribution is -1.82. The molecule has 0 aliphatic heterocycles. The van der Waals surface area contributed by atoms with Gasteiger partial charge in [0, 0.05) is 0 Å². The largest absolute Gasteiger partial charge is 0.342 e. The third kappa shape index (κ3) is 2.48. The Labute approximate surface area is 122 Å². The van der Waals surface area contributed by atoms with Crippen LogP contribution in [0.2, 0.25) is 0 Å². The summed E-state index contributed by atoms with van der Waals surface area (Å²) in [4.78, 5) is 15.8. The lowest BCUT2D eigenvalue weighted by atomic mass is 10.3. The first-order chi connectivity index (χ1) is 9.73. The van der Waals surface area contributed by atoms with Crippen molar-refractivity contribution in [2.45, 2.75) is 12.1 Å². The molecule has 0 bridgehead atoms. The molecule has 2 aromatic rings. The zero-order valence-corrected chi connectivity index (χ0v) is 11.4. The van der Waals surface area contributed by atoms with Crippen LogP contribution in [0.25, 0.3) is 19.7 Å². The van der Waals surface area contributed by atoms with E-state index in [1.54, 1.807) is 0 Å². The van der Waals surface area contributed by atoms with Crippen LogP contribution < -0.4 is 0 Å². The van der Waals surface area contributed by atoms with Gasteiger partial charge in [-0.2, -0.15) is 10.5 Å². The van der Waals surface area contributed by atoms with Gasteiger partial charge in [-0.05, 0) is 0 Å². The average molecular weight is 296 g/mol. The summed E-state index contributed by atoms with van der Waals surface area (Å²) in [5.41, 5.74) is 0. The Morgan fingerprint density at radius 2 is 1.35 bits per heavy atom. The summed E-state index contributed by atoms with van der Waals surface area (Å²) in [6, 6.07) is 2.08. The second-order valence-corrected chi connectivity index (χ2v) is 5.58. The van der Waals surface area contributed by atoms with Gasteiger partial charge in [-0.3, -0.25) is 9.69 Å². The number of hydrogen-bond acceptors (Lipinski definition) is 6. The minimum absolute atomic E-state index is 0.566. The molecule has 0 aliphatic carbocycles. The number of nitriles is 2. The highest BCUT2D eigenvalue weighted by Gasteiger charge is 2.22. The van der Waals surface area contributed by atoms with Crippen LogP contribution in [0.1, 0.15) is 21.8 Å². The van der Waals surface area contributed by atoms with Crippen molar-refractivity contribution in [3.05, 3.63) is 45.0 Å². The second-order valence-electron chi connectivity index (χ2n) is 3.46. The van der Waals surface area contributed by atoms with E-state index in [-0.39, 0.29) is 0 Å². The maximum Gasteiger partial charge on any atom is 0.342 e. The third-order valence-corrected chi connectivity index (χ3v) is 4.51. The van der Waals surface area contributed by atoms with Crippen molar-refractivity contribution in [3.8, 4) is 22.2 Å². The molecule has 0 aliphatic rings. The smallest absolute Gasteiger partial charge is 0.291 e. The molecule has 2 aromatic heterocycles. The van der Waals surface area contributed by atoms with Crippen molar-refractivity contribution in [1.82, 2.24) is 9.97 Å². The fourth-order valence-electron chi connectivity index (χ4n) is 1.34. The summed E-state index contributed by atoms with van der Waals surface area (Å²) < 4.78 is 0. The van der Waals surface area contributed by atoms with Crippen molar-refractivity contribution in [2.75, 3.05) is 0 Å². The van der Waals surface area contributed by atoms with Crippen LogP contribution in [0.4, 0.5) is 0 Å². The van der Waals surface area contributed by atoms with Crippen LogP contribution >= 0.6 is 22.7 Å². The summed E-state index contributed by atoms with van der Waals surface area (Å²) in [7, 11) is 0. The van der Waals surface area contributed by atoms with Gasteiger partial charge in [0.1, 0.15) is 9.75 Å². The van der Waals surface area contributed by atoms with Crippen LogP contribution in [-0.2, 0) is 0 Å². The molecule has 2 heterocycles. The Hall–Kier alpha value is -2.78. The molecule has 6 nitrogen and oxygen atoms in total. The van der Waals surface area contributed by atoms with Gasteiger partial charge >= 0.3 is 12.1 Å². The highest BCUT2D eigenvalue weighted by atomic mass is 32.1. The van der Waals surface area contributed by atoms with Crippen molar-refractivity contribution in [1.29, 1.82) is 10.5 Å². The normalized spacial score (nSPS) is 12.4. The van der Waals surface area contributed by atoms with E-state index >= 15 is 0 Å². The van der Waals surface area contributed by atoms with E-state index in [0.717, 1.165) is 0 Å². The third-order valence-electron chi connectivity index (χ3n) is 2.27. The fourth-order valence-corrected chi connectivity index (χ4v) is 3.17. The minimum Gasteiger partial charge on any atom is -0.291 e. The standard InChI is InChI=1S/C12H4N6S2/c1-15-7(3-13)9-5-17-11(19-9)12-18-6-10(20-12)8(4-14)16-2/h5-8H. The molecule has 0 aromatic carbocycles. The summed E-state index contributed by atoms with van der Waals surface area (Å²) >= 11 is 2.45. The summed E-state index contributed by atoms with van der Waals surface area (Å²) in [5.74, 6) is 0. The molecule has 0 saturated heterocycles. The van der Waals surface area contributed by atoms with Crippen molar-refractivity contribution in [2.24, 2.45) is 0 Å². The molecule has 0 radical (unpaired) electrons. The van der Waals surface area contributed by atoms with E-state index in [2.05, 4.69) is 19.7 Å². The molecule has 2 atom stereocenters. The van der Waals surface area contributed by atoms with E-state index in [1.165, 1.54) is 35.1 Å². The molecule has 0 saturated carbocycles. The molecule has 2 rings (SSSR count). The Bertz CT molecular complexity index is 695. The first-order valence-electron chi connectivity index (χ1n) is 5.17. The summed E-state index contributed by atoms with van der Waals surface area (Å²) in [5, 5.41) is 18.8. The van der Waals surface area contributed by atoms with E-state index in [0.29, 0.717) is 19.8 Å². The number of rotatable bonds is 3. The van der Waals surface area contributed by atoms with Crippen LogP contribution in [0.3, 0.4) is 0 Å². The highest BCUT2D eigenvalue weighted by molar-refractivity contribution is 7.21. The van der Waals surface area contributed by atoms with Crippen LogP contribution in [0, 0.1) is 35.8 Å². The van der Waals surface area contributed by atoms with Crippen molar-refractivity contribution in [3.63, 3.8) is 0 Å². The molecular formula is C12H4N6S2. The lowest BCUT2D eigenvalue weighted by Gasteiger charge is -1.88. The van der Waals surface area contributed by atoms with Gasteiger partial charge in [0.2, 0.25) is 0 Å². The van der Waals surface area contributed by atoms with Gasteiger partial charge in [0.15, 0.2) is 22.2 Å². The first-order valence-corrected chi connectivity index (χ1v) is 6.81. The topological polar surface area (TPSA) is 82.1 Å². The predicted molar refractivity (Wildman–Crippen MR) is 73.1 cm³/mol. The SMILES string of the molecule is [C-]#[N+]C(C#N)c1cnc(-c2ncc(C(C#N)[N+]#[C-])s2)s1. The zero-order valence-electron chi connectivity index (χ0n) is 9.81. The van der Waals surface area contributed by atoms with E-state index in [4.69, 9.17) is 23.7 Å². The lowest BCUT2D eigenvalue weighted by molar-refractivity contribution is 1.11. The van der Waals surface area contributed by atoms with Gasteiger partial charge in [-0.1, -0.05) is 0 Å². The first kappa shape index (κ1) is 13.6. The van der Waals surface area contributed by atoms with Gasteiger partial charge in [-0.15, -0.1) is 22.7 Å². The maximum absolute atomic E-state index is 8.83. The highest BCUT2D eigenvalue weighted by Crippen LogP contribution is 2.34. The second kappa shape index (κ2) is 5.91. The van der Waals surface area contributed by atoms with E-state index < -0.39 is 12.1 Å². The van der Waals surface area contributed by atoms with Crippen LogP contribution in [-0.4, -0.2) is 9.97 Å². The molecular weight excluding hydrogens is 292 g/mol. The van der Waals surface area contributed by atoms with Crippen molar-refractivity contribution < 1.29 is 0 Å². The number of aromatic nitrogens is 2. The predicted octanol–water partition coefficient (Wildman–Crippen LogP) is 3.23. The number of nitrogens with zero attached hydrogens (tertiary/aromatic N) is 6. The Morgan fingerprint density at radius 1 is 0.950 bits per heavy atom. The van der Waals surface area contributed by atoms with Crippen molar-refractivity contribution >= 4 is 22.7 Å². The zero-order chi connectivity index (χ0) is 14.5. The molecule has 0 amide bonds. The monoisotopic (exact) mass is 296 g/mol. The maximum atomic E-state index is 8.83.